The van der Waals surface area contributed by atoms with Crippen molar-refractivity contribution in [1.82, 2.24) is 5.32 Å². The minimum atomic E-state index is -0.136. The number of halogens is 2. The van der Waals surface area contributed by atoms with Gasteiger partial charge in [0, 0.05) is 30.3 Å². The third kappa shape index (κ3) is 7.87. The average Bonchev–Trinajstić information content (AvgIpc) is 2.49. The molecule has 1 aromatic rings. The summed E-state index contributed by atoms with van der Waals surface area (Å²) in [5.74, 6) is 1.12. The van der Waals surface area contributed by atoms with Crippen molar-refractivity contribution >= 4 is 39.9 Å². The Bertz CT molecular complexity index is 489. The lowest BCUT2D eigenvalue weighted by molar-refractivity contribution is -0.115. The Kier molecular flexibility index (Phi) is 11.9. The van der Waals surface area contributed by atoms with Crippen LogP contribution in [0.3, 0.4) is 0 Å². The summed E-state index contributed by atoms with van der Waals surface area (Å²) in [7, 11) is 1.62. The zero-order valence-corrected chi connectivity index (χ0v) is 16.0. The van der Waals surface area contributed by atoms with E-state index in [9.17, 15) is 4.79 Å². The lowest BCUT2D eigenvalue weighted by Gasteiger charge is -2.15. The molecule has 2 N–H and O–H groups in total. The Hall–Kier alpha value is -1.02. The van der Waals surface area contributed by atoms with Crippen molar-refractivity contribution in [2.45, 2.75) is 13.8 Å². The summed E-state index contributed by atoms with van der Waals surface area (Å²) in [5.41, 5.74) is 0.644. The molecule has 0 atom stereocenters. The minimum absolute atomic E-state index is 0. The van der Waals surface area contributed by atoms with Crippen LogP contribution in [0.15, 0.2) is 16.6 Å². The van der Waals surface area contributed by atoms with Crippen LogP contribution in [0.1, 0.15) is 13.8 Å². The number of rotatable bonds is 10. The number of amides is 1. The van der Waals surface area contributed by atoms with Crippen LogP contribution in [0.4, 0.5) is 5.69 Å². The molecule has 0 aliphatic carbocycles. The number of benzene rings is 1. The van der Waals surface area contributed by atoms with Gasteiger partial charge in [-0.2, -0.15) is 0 Å². The fraction of sp³-hybridized carbons (Fsp3) is 0.533. The van der Waals surface area contributed by atoms with Gasteiger partial charge in [-0.15, -0.1) is 12.4 Å². The molecule has 0 spiro atoms. The largest absolute Gasteiger partial charge is 0.490 e. The van der Waals surface area contributed by atoms with Crippen LogP contribution in [-0.2, 0) is 9.53 Å². The third-order valence-corrected chi connectivity index (χ3v) is 3.33. The molecule has 0 heterocycles. The summed E-state index contributed by atoms with van der Waals surface area (Å²) in [6.07, 6.45) is 0. The van der Waals surface area contributed by atoms with E-state index < -0.39 is 0 Å². The SMILES string of the molecule is CCOc1cc(Br)c(NC(=O)CNCCOC)cc1OCC.Cl. The molecule has 0 aromatic heterocycles. The first-order chi connectivity index (χ1) is 10.6. The van der Waals surface area contributed by atoms with E-state index in [0.717, 1.165) is 4.47 Å². The number of carbonyl (C=O) groups is 1. The maximum Gasteiger partial charge on any atom is 0.238 e. The molecule has 0 aliphatic rings. The van der Waals surface area contributed by atoms with Crippen LogP contribution in [0.2, 0.25) is 0 Å². The van der Waals surface area contributed by atoms with Crippen LogP contribution >= 0.6 is 28.3 Å². The number of carbonyl (C=O) groups excluding carboxylic acids is 1. The second kappa shape index (κ2) is 12.4. The van der Waals surface area contributed by atoms with Gasteiger partial charge in [-0.25, -0.2) is 0 Å². The lowest BCUT2D eigenvalue weighted by Crippen LogP contribution is -2.30. The summed E-state index contributed by atoms with van der Waals surface area (Å²) in [6, 6.07) is 3.55. The zero-order chi connectivity index (χ0) is 16.4. The molecule has 1 rings (SSSR count). The topological polar surface area (TPSA) is 68.8 Å². The molecule has 6 nitrogen and oxygen atoms in total. The molecule has 23 heavy (non-hydrogen) atoms. The summed E-state index contributed by atoms with van der Waals surface area (Å²) in [5, 5.41) is 5.82. The lowest BCUT2D eigenvalue weighted by atomic mass is 10.2. The van der Waals surface area contributed by atoms with E-state index in [1.807, 2.05) is 13.8 Å². The third-order valence-electron chi connectivity index (χ3n) is 2.68. The number of nitrogens with one attached hydrogen (secondary N) is 2. The van der Waals surface area contributed by atoms with Crippen molar-refractivity contribution in [1.29, 1.82) is 0 Å². The fourth-order valence-corrected chi connectivity index (χ4v) is 2.16. The molecule has 1 aromatic carbocycles. The van der Waals surface area contributed by atoms with Crippen LogP contribution in [-0.4, -0.2) is 45.9 Å². The van der Waals surface area contributed by atoms with E-state index in [4.69, 9.17) is 14.2 Å². The van der Waals surface area contributed by atoms with E-state index in [2.05, 4.69) is 26.6 Å². The number of hydrogen-bond acceptors (Lipinski definition) is 5. The van der Waals surface area contributed by atoms with Gasteiger partial charge in [-0.3, -0.25) is 4.79 Å². The van der Waals surface area contributed by atoms with Crippen molar-refractivity contribution in [2.75, 3.05) is 45.3 Å². The van der Waals surface area contributed by atoms with Gasteiger partial charge in [0.2, 0.25) is 5.91 Å². The highest BCUT2D eigenvalue weighted by molar-refractivity contribution is 9.10. The molecule has 0 saturated carbocycles. The maximum atomic E-state index is 11.9. The first-order valence-corrected chi connectivity index (χ1v) is 8.00. The van der Waals surface area contributed by atoms with Crippen LogP contribution in [0.5, 0.6) is 11.5 Å². The maximum absolute atomic E-state index is 11.9. The molecule has 0 aliphatic heterocycles. The van der Waals surface area contributed by atoms with Gasteiger partial charge in [0.25, 0.3) is 0 Å². The Labute approximate surface area is 151 Å². The minimum Gasteiger partial charge on any atom is -0.490 e. The van der Waals surface area contributed by atoms with Gasteiger partial charge in [0.15, 0.2) is 11.5 Å². The van der Waals surface area contributed by atoms with Crippen molar-refractivity contribution in [3.05, 3.63) is 16.6 Å². The van der Waals surface area contributed by atoms with Gasteiger partial charge in [-0.1, -0.05) is 0 Å². The van der Waals surface area contributed by atoms with Crippen LogP contribution < -0.4 is 20.1 Å². The van der Waals surface area contributed by atoms with E-state index in [-0.39, 0.29) is 24.9 Å². The van der Waals surface area contributed by atoms with E-state index in [1.54, 1.807) is 19.2 Å². The number of ether oxygens (including phenoxy) is 3. The van der Waals surface area contributed by atoms with Gasteiger partial charge in [0.05, 0.1) is 32.1 Å². The Balaban J connectivity index is 0.00000484. The first kappa shape index (κ1) is 22.0. The molecule has 1 amide bonds. The number of anilines is 1. The predicted octanol–water partition coefficient (Wildman–Crippen LogP) is 2.84. The van der Waals surface area contributed by atoms with Crippen LogP contribution in [0, 0.1) is 0 Å². The highest BCUT2D eigenvalue weighted by atomic mass is 79.9. The molecular formula is C15H24BrClN2O4. The van der Waals surface area contributed by atoms with Crippen LogP contribution in [0.25, 0.3) is 0 Å². The summed E-state index contributed by atoms with van der Waals surface area (Å²) in [6.45, 7) is 6.27. The summed E-state index contributed by atoms with van der Waals surface area (Å²) >= 11 is 3.43. The smallest absolute Gasteiger partial charge is 0.238 e. The van der Waals surface area contributed by atoms with Gasteiger partial charge in [0.1, 0.15) is 0 Å². The van der Waals surface area contributed by atoms with Gasteiger partial charge >= 0.3 is 0 Å². The molecule has 0 radical (unpaired) electrons. The molecule has 0 fully saturated rings. The molecular weight excluding hydrogens is 388 g/mol. The Morgan fingerprint density at radius 1 is 1.17 bits per heavy atom. The second-order valence-electron chi connectivity index (χ2n) is 4.36. The normalized spacial score (nSPS) is 9.91. The van der Waals surface area contributed by atoms with E-state index in [1.165, 1.54) is 0 Å². The predicted molar refractivity (Wildman–Crippen MR) is 97.1 cm³/mol. The Morgan fingerprint density at radius 3 is 2.35 bits per heavy atom. The Morgan fingerprint density at radius 2 is 1.78 bits per heavy atom. The summed E-state index contributed by atoms with van der Waals surface area (Å²) < 4.78 is 16.7. The highest BCUT2D eigenvalue weighted by Gasteiger charge is 2.12. The van der Waals surface area contributed by atoms with E-state index in [0.29, 0.717) is 43.6 Å². The quantitative estimate of drug-likeness (QED) is 0.580. The molecule has 132 valence electrons. The molecule has 8 heteroatoms. The molecule has 0 saturated heterocycles. The second-order valence-corrected chi connectivity index (χ2v) is 5.22. The zero-order valence-electron chi connectivity index (χ0n) is 13.6. The monoisotopic (exact) mass is 410 g/mol. The standard InChI is InChI=1S/C15H23BrN2O4.ClH/c1-4-21-13-8-11(16)12(9-14(13)22-5-2)18-15(19)10-17-6-7-20-3;/h8-9,17H,4-7,10H2,1-3H3,(H,18,19);1H. The van der Waals surface area contributed by atoms with Crippen molar-refractivity contribution in [3.63, 3.8) is 0 Å². The highest BCUT2D eigenvalue weighted by Crippen LogP contribution is 2.36. The van der Waals surface area contributed by atoms with Gasteiger partial charge in [-0.05, 0) is 29.8 Å². The number of hydrogen-bond donors (Lipinski definition) is 2. The molecule has 0 unspecified atom stereocenters. The average molecular weight is 412 g/mol. The summed E-state index contributed by atoms with van der Waals surface area (Å²) in [4.78, 5) is 11.9. The fourth-order valence-electron chi connectivity index (χ4n) is 1.74. The van der Waals surface area contributed by atoms with Crippen molar-refractivity contribution in [3.8, 4) is 11.5 Å². The number of methoxy groups -OCH3 is 1. The first-order valence-electron chi connectivity index (χ1n) is 7.21. The molecule has 0 bridgehead atoms. The van der Waals surface area contributed by atoms with Crippen molar-refractivity contribution in [2.24, 2.45) is 0 Å². The van der Waals surface area contributed by atoms with Gasteiger partial charge < -0.3 is 24.8 Å². The van der Waals surface area contributed by atoms with E-state index >= 15 is 0 Å². The van der Waals surface area contributed by atoms with Crippen molar-refractivity contribution < 1.29 is 19.0 Å².